The second-order valence-electron chi connectivity index (χ2n) is 15.0. The van der Waals surface area contributed by atoms with Crippen molar-refractivity contribution in [2.24, 2.45) is 0 Å². The largest absolute Gasteiger partial charge is 0.762 e. The number of aliphatic hydroxyl groups excluding tert-OH is 1. The van der Waals surface area contributed by atoms with Crippen LogP contribution in [-0.2, 0) is 124 Å². The van der Waals surface area contributed by atoms with Gasteiger partial charge in [-0.25, -0.2) is 9.59 Å². The van der Waals surface area contributed by atoms with E-state index in [2.05, 4.69) is 14.2 Å². The summed E-state index contributed by atoms with van der Waals surface area (Å²) in [6.07, 6.45) is -15.9. The molecule has 4 aliphatic heterocycles. The third-order valence-corrected chi connectivity index (χ3v) is 8.54. The monoisotopic (exact) mass is 1180 g/mol. The molecule has 0 aromatic heterocycles. The molecule has 0 aliphatic carbocycles. The molecule has 4 heterocycles. The van der Waals surface area contributed by atoms with Gasteiger partial charge in [-0.2, -0.15) is 0 Å². The lowest BCUT2D eigenvalue weighted by molar-refractivity contribution is -0.310. The Morgan fingerprint density at radius 3 is 1.08 bits per heavy atom. The van der Waals surface area contributed by atoms with Gasteiger partial charge in [0.25, 0.3) is 0 Å². The van der Waals surface area contributed by atoms with Crippen LogP contribution in [0, 0.1) is 0 Å². The van der Waals surface area contributed by atoms with Crippen LogP contribution in [0.25, 0.3) is 0 Å². The van der Waals surface area contributed by atoms with Crippen LogP contribution in [0.5, 0.6) is 0 Å². The van der Waals surface area contributed by atoms with Gasteiger partial charge >= 0.3 is 73.6 Å². The van der Waals surface area contributed by atoms with Gasteiger partial charge in [0.1, 0.15) is 38.6 Å². The molecule has 4 saturated heterocycles. The smallest absolute Gasteiger partial charge is 0.463 e. The number of esters is 9. The minimum absolute atomic E-state index is 0.0654. The number of rotatable bonds is 17. The van der Waals surface area contributed by atoms with Gasteiger partial charge in [-0.3, -0.25) is 56.1 Å². The number of aliphatic hydroxyl groups is 1. The first-order chi connectivity index (χ1) is 36.5. The second kappa shape index (κ2) is 41.1. The maximum absolute atomic E-state index is 11.7. The quantitative estimate of drug-likeness (QED) is 0.0943. The van der Waals surface area contributed by atoms with E-state index < -0.39 is 154 Å². The molecule has 4 aliphatic rings. The standard InChI is InChI=1S/C18H24O13.C16H22O11.C4H6O4.C4H10O.CH2Cl2.BF3/c1-8(19)24-7-13-14(27-9(2)20)15(28-10(3)21)16(29-11(4)22)17(31-13)25-5-12-6-26-18(23)30-12;1-7(17)22-6-12-13(23-8(2)18)14(24-9(3)19)15(25-10(4)20)16(27-12)26-11(5)21;5-1-3-2-7-4(6)8-3;1-3-5-4-2;2-1-3;2-1(3)4/h12-17H,5-7H2,1-4H3;12-16H,6H2,1-5H3;3,5H,1-2H2;3-4H2,1-2H3;1H2;/t12?,13?,14-,15-,16?,17+;12?,13-,14-,15?,16+;;;;/m00..../s1. The molecule has 6 unspecified atom stereocenters. The topological polar surface area (TPSA) is 365 Å². The van der Waals surface area contributed by atoms with Crippen molar-refractivity contribution in [3.8, 4) is 0 Å². The number of hydrogen-bond acceptors (Lipinski definition) is 29. The fourth-order valence-electron chi connectivity index (χ4n) is 6.08. The van der Waals surface area contributed by atoms with E-state index in [1.54, 1.807) is 0 Å². The molecule has 4 rings (SSSR count). The number of carbonyl (C=O) groups is 11. The van der Waals surface area contributed by atoms with Crippen molar-refractivity contribution in [3.63, 3.8) is 0 Å². The van der Waals surface area contributed by atoms with Gasteiger partial charge in [-0.1, -0.05) is 0 Å². The highest BCUT2D eigenvalue weighted by atomic mass is 35.5. The predicted molar refractivity (Wildman–Crippen MR) is 249 cm³/mol. The molecular weight excluding hydrogens is 1120 g/mol. The minimum Gasteiger partial charge on any atom is -0.463 e. The van der Waals surface area contributed by atoms with Crippen LogP contribution in [-0.4, -0.2) is 210 Å². The Bertz CT molecular complexity index is 1900. The first kappa shape index (κ1) is 74.1. The van der Waals surface area contributed by atoms with Crippen LogP contribution in [0.1, 0.15) is 76.2 Å². The average Bonchev–Trinajstić information content (AvgIpc) is 3.94. The molecular formula is C43H64BCl2F3O29. The summed E-state index contributed by atoms with van der Waals surface area (Å²) < 4.78 is 115. The van der Waals surface area contributed by atoms with E-state index >= 15 is 0 Å². The minimum atomic E-state index is -3.67. The third-order valence-electron chi connectivity index (χ3n) is 8.54. The van der Waals surface area contributed by atoms with E-state index in [0.29, 0.717) is 0 Å². The van der Waals surface area contributed by atoms with Crippen LogP contribution in [0.3, 0.4) is 0 Å². The first-order valence-corrected chi connectivity index (χ1v) is 23.8. The van der Waals surface area contributed by atoms with Crippen LogP contribution in [0.15, 0.2) is 0 Å². The molecule has 0 bridgehead atoms. The molecule has 4 fully saturated rings. The SMILES string of the molecule is CC(=O)OCC1O[C@@H](OC(C)=O)C(OC(C)=O)[C@@H](OC(C)=O)[C@H]1OC(C)=O.CC(=O)OCC1O[C@@H](OCC2COC(=O)O2)C(OC(C)=O)[C@@H](OC(C)=O)[C@H]1OC(C)=O.CCOCC.ClCCl.FB(F)F.O=C1OCC(CO)O1. The van der Waals surface area contributed by atoms with E-state index in [-0.39, 0.29) is 38.4 Å². The number of alkyl halides is 2. The molecule has 78 heavy (non-hydrogen) atoms. The van der Waals surface area contributed by atoms with Gasteiger partial charge in [-0.05, 0) is 13.8 Å². The fourth-order valence-corrected chi connectivity index (χ4v) is 6.08. The van der Waals surface area contributed by atoms with Gasteiger partial charge in [0.15, 0.2) is 49.0 Å². The normalized spacial score (nSPS) is 25.1. The number of hydrogen-bond donors (Lipinski definition) is 1. The van der Waals surface area contributed by atoms with Gasteiger partial charge in [0, 0.05) is 75.5 Å². The number of carbonyl (C=O) groups excluding carboxylic acids is 11. The Morgan fingerprint density at radius 2 is 0.808 bits per heavy atom. The first-order valence-electron chi connectivity index (χ1n) is 22.8. The van der Waals surface area contributed by atoms with Crippen molar-refractivity contribution in [1.29, 1.82) is 0 Å². The number of ether oxygens (including phenoxy) is 17. The van der Waals surface area contributed by atoms with E-state index in [9.17, 15) is 65.7 Å². The Kier molecular flexibility index (Phi) is 39.0. The molecule has 35 heteroatoms. The highest BCUT2D eigenvalue weighted by Crippen LogP contribution is 2.32. The van der Waals surface area contributed by atoms with Crippen molar-refractivity contribution in [3.05, 3.63) is 0 Å². The van der Waals surface area contributed by atoms with Crippen LogP contribution >= 0.6 is 23.2 Å². The zero-order valence-corrected chi connectivity index (χ0v) is 45.6. The maximum atomic E-state index is 11.7. The molecule has 29 nitrogen and oxygen atoms in total. The average molecular weight is 1180 g/mol. The van der Waals surface area contributed by atoms with Gasteiger partial charge in [0.2, 0.25) is 12.4 Å². The molecule has 0 saturated carbocycles. The lowest BCUT2D eigenvalue weighted by atomic mass is 9.98. The highest BCUT2D eigenvalue weighted by molar-refractivity contribution is 6.40. The summed E-state index contributed by atoms with van der Waals surface area (Å²) in [4.78, 5) is 124. The molecule has 1 N–H and O–H groups in total. The third kappa shape index (κ3) is 34.0. The summed E-state index contributed by atoms with van der Waals surface area (Å²) in [6.45, 7) is 14.7. The molecule has 0 aromatic rings. The summed E-state index contributed by atoms with van der Waals surface area (Å²) in [5.41, 5.74) is 0. The van der Waals surface area contributed by atoms with Crippen LogP contribution < -0.4 is 0 Å². The van der Waals surface area contributed by atoms with Crippen molar-refractivity contribution >= 4 is 96.8 Å². The Hall–Kier alpha value is -6.00. The molecule has 0 spiro atoms. The predicted octanol–water partition coefficient (Wildman–Crippen LogP) is 2.11. The summed E-state index contributed by atoms with van der Waals surface area (Å²) in [6, 6.07) is 0. The molecule has 0 amide bonds. The molecule has 0 radical (unpaired) electrons. The number of cyclic esters (lactones) is 4. The van der Waals surface area contributed by atoms with E-state index in [0.717, 1.165) is 75.5 Å². The van der Waals surface area contributed by atoms with Gasteiger partial charge < -0.3 is 85.6 Å². The van der Waals surface area contributed by atoms with Crippen molar-refractivity contribution < 1.29 is 151 Å². The number of halogens is 5. The van der Waals surface area contributed by atoms with Crippen molar-refractivity contribution in [2.45, 2.75) is 150 Å². The van der Waals surface area contributed by atoms with E-state index in [1.165, 1.54) is 0 Å². The molecule has 448 valence electrons. The fraction of sp³-hybridized carbons (Fsp3) is 0.744. The summed E-state index contributed by atoms with van der Waals surface area (Å²) in [7, 11) is -3.67. The summed E-state index contributed by atoms with van der Waals surface area (Å²) >= 11 is 9.53. The lowest BCUT2D eigenvalue weighted by Gasteiger charge is -2.44. The second-order valence-corrected chi connectivity index (χ2v) is 15.8. The maximum Gasteiger partial charge on any atom is 0.762 e. The van der Waals surface area contributed by atoms with E-state index in [1.807, 2.05) is 13.8 Å². The Labute approximate surface area is 455 Å². The van der Waals surface area contributed by atoms with Crippen LogP contribution in [0.4, 0.5) is 22.5 Å². The molecule has 0 aromatic carbocycles. The van der Waals surface area contributed by atoms with Crippen molar-refractivity contribution in [1.82, 2.24) is 0 Å². The van der Waals surface area contributed by atoms with Crippen LogP contribution in [0.2, 0.25) is 0 Å². The summed E-state index contributed by atoms with van der Waals surface area (Å²) in [5, 5.41) is 8.52. The lowest BCUT2D eigenvalue weighted by Crippen LogP contribution is -2.63. The summed E-state index contributed by atoms with van der Waals surface area (Å²) in [5.74, 6) is -6.60. The zero-order valence-electron chi connectivity index (χ0n) is 44.1. The van der Waals surface area contributed by atoms with Crippen molar-refractivity contribution in [2.75, 3.05) is 58.2 Å². The van der Waals surface area contributed by atoms with E-state index in [4.69, 9.17) is 94.6 Å². The van der Waals surface area contributed by atoms with Gasteiger partial charge in [0.05, 0.1) is 18.6 Å². The Balaban J connectivity index is 0. The van der Waals surface area contributed by atoms with Gasteiger partial charge in [-0.15, -0.1) is 23.2 Å². The molecule has 12 atom stereocenters. The zero-order chi connectivity index (χ0) is 60.2. The highest BCUT2D eigenvalue weighted by Gasteiger charge is 2.55. The Morgan fingerprint density at radius 1 is 0.500 bits per heavy atom.